The van der Waals surface area contributed by atoms with Gasteiger partial charge in [-0.1, -0.05) is 0 Å². The lowest BCUT2D eigenvalue weighted by Crippen LogP contribution is -2.54. The van der Waals surface area contributed by atoms with Gasteiger partial charge in [-0.3, -0.25) is 24.2 Å². The van der Waals surface area contributed by atoms with Gasteiger partial charge in [0.15, 0.2) is 0 Å². The maximum absolute atomic E-state index is 13.2. The first-order chi connectivity index (χ1) is 17.8. The van der Waals surface area contributed by atoms with Gasteiger partial charge in [0.1, 0.15) is 4.83 Å². The van der Waals surface area contributed by atoms with Gasteiger partial charge >= 0.3 is 0 Å². The third kappa shape index (κ3) is 5.26. The molecule has 2 N–H and O–H groups in total. The number of rotatable bonds is 9. The molecule has 37 heavy (non-hydrogen) atoms. The van der Waals surface area contributed by atoms with Crippen molar-refractivity contribution in [1.82, 2.24) is 29.3 Å². The van der Waals surface area contributed by atoms with Crippen molar-refractivity contribution in [2.45, 2.75) is 33.4 Å². The van der Waals surface area contributed by atoms with E-state index in [-0.39, 0.29) is 17.7 Å². The summed E-state index contributed by atoms with van der Waals surface area (Å²) in [5.74, 6) is -0.364. The minimum atomic E-state index is -0.292. The molecule has 0 atom stereocenters. The van der Waals surface area contributed by atoms with Crippen molar-refractivity contribution >= 4 is 39.4 Å². The molecule has 0 bridgehead atoms. The fraction of sp³-hybridized carbons (Fsp3) is 0.400. The number of nitrogens with one attached hydrogen (secondary N) is 2. The average molecular weight is 523 g/mol. The highest BCUT2D eigenvalue weighted by atomic mass is 32.1. The van der Waals surface area contributed by atoms with E-state index in [0.717, 1.165) is 28.4 Å². The third-order valence-electron chi connectivity index (χ3n) is 6.50. The molecule has 2 amide bonds. The summed E-state index contributed by atoms with van der Waals surface area (Å²) >= 11 is 1.47. The first kappa shape index (κ1) is 25.1. The number of amides is 2. The number of ether oxygens (including phenoxy) is 1. The van der Waals surface area contributed by atoms with Gasteiger partial charge in [0.05, 0.1) is 65.2 Å². The van der Waals surface area contributed by atoms with E-state index in [1.807, 2.05) is 24.0 Å². The first-order valence-corrected chi connectivity index (χ1v) is 13.0. The molecule has 0 aromatic carbocycles. The van der Waals surface area contributed by atoms with Crippen LogP contribution in [0.15, 0.2) is 37.1 Å². The summed E-state index contributed by atoms with van der Waals surface area (Å²) in [4.78, 5) is 34.1. The Morgan fingerprint density at radius 2 is 1.97 bits per heavy atom. The lowest BCUT2D eigenvalue weighted by atomic mass is 9.97. The van der Waals surface area contributed by atoms with E-state index >= 15 is 0 Å². The lowest BCUT2D eigenvalue weighted by Gasteiger charge is -2.41. The fourth-order valence-electron chi connectivity index (χ4n) is 4.14. The zero-order valence-corrected chi connectivity index (χ0v) is 22.1. The smallest absolute Gasteiger partial charge is 0.260 e. The molecule has 0 aliphatic carbocycles. The Morgan fingerprint density at radius 1 is 1.16 bits per heavy atom. The molecular formula is C25H30N8O3S. The minimum absolute atomic E-state index is 0.0326. The van der Waals surface area contributed by atoms with E-state index < -0.39 is 0 Å². The number of carbonyl (C=O) groups excluding carboxylic acids is 2. The van der Waals surface area contributed by atoms with Crippen LogP contribution in [0.4, 0.5) is 11.4 Å². The third-order valence-corrected chi connectivity index (χ3v) is 7.66. The molecule has 0 spiro atoms. The molecular weight excluding hydrogens is 492 g/mol. The van der Waals surface area contributed by atoms with E-state index in [4.69, 9.17) is 4.74 Å². The van der Waals surface area contributed by atoms with Crippen LogP contribution in [0.2, 0.25) is 0 Å². The number of hydrogen-bond donors (Lipinski definition) is 2. The molecule has 4 aromatic rings. The fourth-order valence-corrected chi connectivity index (χ4v) is 5.17. The molecule has 5 heterocycles. The summed E-state index contributed by atoms with van der Waals surface area (Å²) in [6.45, 7) is 8.80. The SMILES string of the molecule is COCCn1cc(-c2cn3ncc(C(=O)Nc4cc(NC(=O)C5CN(C(C)C)C5)cnc4C)c3s2)cn1. The van der Waals surface area contributed by atoms with Crippen LogP contribution in [-0.4, -0.2) is 73.9 Å². The van der Waals surface area contributed by atoms with Gasteiger partial charge in [-0.15, -0.1) is 11.3 Å². The quantitative estimate of drug-likeness (QED) is 0.347. The molecule has 0 unspecified atom stereocenters. The molecule has 194 valence electrons. The van der Waals surface area contributed by atoms with Crippen molar-refractivity contribution in [3.05, 3.63) is 48.3 Å². The van der Waals surface area contributed by atoms with E-state index in [2.05, 4.69) is 44.6 Å². The zero-order valence-electron chi connectivity index (χ0n) is 21.3. The van der Waals surface area contributed by atoms with E-state index in [9.17, 15) is 9.59 Å². The molecule has 1 aliphatic heterocycles. The molecule has 11 nitrogen and oxygen atoms in total. The van der Waals surface area contributed by atoms with Crippen molar-refractivity contribution in [1.29, 1.82) is 0 Å². The summed E-state index contributed by atoms with van der Waals surface area (Å²) in [5, 5.41) is 14.6. The van der Waals surface area contributed by atoms with Crippen LogP contribution >= 0.6 is 11.3 Å². The van der Waals surface area contributed by atoms with Gasteiger partial charge in [-0.25, -0.2) is 4.52 Å². The number of hydrogen-bond acceptors (Lipinski definition) is 8. The van der Waals surface area contributed by atoms with Crippen LogP contribution in [0.5, 0.6) is 0 Å². The Labute approximate surface area is 218 Å². The Balaban J connectivity index is 1.28. The highest BCUT2D eigenvalue weighted by Gasteiger charge is 2.33. The Bertz CT molecular complexity index is 1430. The highest BCUT2D eigenvalue weighted by molar-refractivity contribution is 7.21. The number of anilines is 2. The van der Waals surface area contributed by atoms with E-state index in [1.54, 1.807) is 36.3 Å². The number of thiazole rings is 1. The maximum Gasteiger partial charge on any atom is 0.260 e. The highest BCUT2D eigenvalue weighted by Crippen LogP contribution is 2.31. The van der Waals surface area contributed by atoms with E-state index in [1.165, 1.54) is 11.3 Å². The van der Waals surface area contributed by atoms with Gasteiger partial charge in [0, 0.05) is 44.2 Å². The molecule has 1 aliphatic rings. The second-order valence-electron chi connectivity index (χ2n) is 9.43. The molecule has 1 saturated heterocycles. The average Bonchev–Trinajstić information content (AvgIpc) is 3.54. The predicted molar refractivity (Wildman–Crippen MR) is 142 cm³/mol. The van der Waals surface area contributed by atoms with Crippen molar-refractivity contribution in [3.63, 3.8) is 0 Å². The number of aryl methyl sites for hydroxylation is 1. The van der Waals surface area contributed by atoms with Crippen molar-refractivity contribution in [2.75, 3.05) is 37.4 Å². The van der Waals surface area contributed by atoms with Crippen LogP contribution < -0.4 is 10.6 Å². The standard InChI is InChI=1S/C25H30N8O3S/c1-15(2)31-11-18(12-31)23(34)29-19-7-21(16(3)26-9-19)30-24(35)20-10-28-33-14-22(37-25(20)33)17-8-27-32(13-17)5-6-36-4/h7-10,13-15,18H,5-6,11-12H2,1-4H3,(H,29,34)(H,30,35). The van der Waals surface area contributed by atoms with Crippen LogP contribution in [0.1, 0.15) is 29.9 Å². The van der Waals surface area contributed by atoms with Gasteiger partial charge < -0.3 is 15.4 Å². The number of methoxy groups -OCH3 is 1. The molecule has 0 radical (unpaired) electrons. The minimum Gasteiger partial charge on any atom is -0.383 e. The lowest BCUT2D eigenvalue weighted by molar-refractivity contribution is -0.125. The van der Waals surface area contributed by atoms with Crippen LogP contribution in [0.25, 0.3) is 15.3 Å². The predicted octanol–water partition coefficient (Wildman–Crippen LogP) is 3.14. The normalized spacial score (nSPS) is 14.3. The van der Waals surface area contributed by atoms with Gasteiger partial charge in [0.2, 0.25) is 5.91 Å². The second kappa shape index (κ2) is 10.4. The first-order valence-electron chi connectivity index (χ1n) is 12.1. The van der Waals surface area contributed by atoms with Gasteiger partial charge in [-0.2, -0.15) is 10.2 Å². The number of fused-ring (bicyclic) bond motifs is 1. The summed E-state index contributed by atoms with van der Waals surface area (Å²) in [6, 6.07) is 2.17. The number of nitrogens with zero attached hydrogens (tertiary/aromatic N) is 6. The van der Waals surface area contributed by atoms with Crippen molar-refractivity contribution in [2.24, 2.45) is 5.92 Å². The number of likely N-dealkylation sites (tertiary alicyclic amines) is 1. The molecule has 12 heteroatoms. The summed E-state index contributed by atoms with van der Waals surface area (Å²) in [5.41, 5.74) is 3.15. The Hall–Kier alpha value is -3.61. The monoisotopic (exact) mass is 522 g/mol. The second-order valence-corrected chi connectivity index (χ2v) is 10.5. The Kier molecular flexibility index (Phi) is 7.04. The summed E-state index contributed by atoms with van der Waals surface area (Å²) < 4.78 is 8.63. The zero-order chi connectivity index (χ0) is 26.1. The largest absolute Gasteiger partial charge is 0.383 e. The molecule has 1 fully saturated rings. The Morgan fingerprint density at radius 3 is 2.73 bits per heavy atom. The van der Waals surface area contributed by atoms with Gasteiger partial charge in [-0.05, 0) is 26.8 Å². The molecule has 5 rings (SSSR count). The van der Waals surface area contributed by atoms with Gasteiger partial charge in [0.25, 0.3) is 5.91 Å². The number of aromatic nitrogens is 5. The van der Waals surface area contributed by atoms with Crippen molar-refractivity contribution in [3.8, 4) is 10.4 Å². The number of carbonyl (C=O) groups is 2. The topological polar surface area (TPSA) is 119 Å². The van der Waals surface area contributed by atoms with E-state index in [0.29, 0.717) is 41.8 Å². The maximum atomic E-state index is 13.2. The van der Waals surface area contributed by atoms with Crippen molar-refractivity contribution < 1.29 is 14.3 Å². The van der Waals surface area contributed by atoms with Crippen LogP contribution in [-0.2, 0) is 16.1 Å². The molecule has 0 saturated carbocycles. The summed E-state index contributed by atoms with van der Waals surface area (Å²) in [6.07, 6.45) is 8.79. The van der Waals surface area contributed by atoms with Crippen LogP contribution in [0.3, 0.4) is 0 Å². The summed E-state index contributed by atoms with van der Waals surface area (Å²) in [7, 11) is 1.66. The molecule has 4 aromatic heterocycles. The number of pyridine rings is 1. The van der Waals surface area contributed by atoms with Crippen LogP contribution in [0, 0.1) is 12.8 Å².